The summed E-state index contributed by atoms with van der Waals surface area (Å²) in [5, 5.41) is 7.80. The molecule has 0 amide bonds. The molecule has 4 nitrogen and oxygen atoms in total. The third-order valence-corrected chi connectivity index (χ3v) is 3.86. The van der Waals surface area contributed by atoms with Crippen molar-refractivity contribution in [2.75, 3.05) is 7.05 Å². The number of aromatic nitrogens is 3. The van der Waals surface area contributed by atoms with Crippen molar-refractivity contribution in [2.45, 2.75) is 46.7 Å². The second-order valence-corrected chi connectivity index (χ2v) is 6.10. The molecule has 1 aromatic carbocycles. The van der Waals surface area contributed by atoms with Crippen molar-refractivity contribution in [2.24, 2.45) is 5.92 Å². The number of aryl methyl sites for hydroxylation is 2. The molecule has 0 radical (unpaired) electrons. The first-order valence-corrected chi connectivity index (χ1v) is 7.63. The summed E-state index contributed by atoms with van der Waals surface area (Å²) in [5.74, 6) is 1.62. The molecule has 1 aromatic heterocycles. The summed E-state index contributed by atoms with van der Waals surface area (Å²) in [6, 6.07) is 6.72. The molecule has 0 spiro atoms. The van der Waals surface area contributed by atoms with Crippen molar-refractivity contribution in [1.29, 1.82) is 0 Å². The second-order valence-electron chi connectivity index (χ2n) is 6.10. The summed E-state index contributed by atoms with van der Waals surface area (Å²) in [6.45, 7) is 9.66. The zero-order valence-corrected chi connectivity index (χ0v) is 13.7. The molecule has 4 heteroatoms. The van der Waals surface area contributed by atoms with Crippen LogP contribution in [0.4, 0.5) is 0 Å². The van der Waals surface area contributed by atoms with Crippen LogP contribution in [0.25, 0.3) is 0 Å². The summed E-state index contributed by atoms with van der Waals surface area (Å²) >= 11 is 0. The van der Waals surface area contributed by atoms with E-state index < -0.39 is 0 Å². The Morgan fingerprint density at radius 1 is 1.19 bits per heavy atom. The van der Waals surface area contributed by atoms with Crippen molar-refractivity contribution < 1.29 is 0 Å². The van der Waals surface area contributed by atoms with E-state index in [1.807, 2.05) is 11.7 Å². The monoisotopic (exact) mass is 286 g/mol. The number of nitrogens with zero attached hydrogens (tertiary/aromatic N) is 3. The number of rotatable bonds is 6. The van der Waals surface area contributed by atoms with Gasteiger partial charge in [-0.25, -0.2) is 9.67 Å². The minimum absolute atomic E-state index is 0.265. The molecule has 0 saturated carbocycles. The van der Waals surface area contributed by atoms with Crippen LogP contribution in [-0.4, -0.2) is 21.8 Å². The minimum Gasteiger partial charge on any atom is -0.313 e. The molecule has 1 atom stereocenters. The maximum absolute atomic E-state index is 4.45. The van der Waals surface area contributed by atoms with E-state index in [0.717, 1.165) is 18.8 Å². The van der Waals surface area contributed by atoms with Crippen molar-refractivity contribution in [3.8, 4) is 0 Å². The fourth-order valence-electron chi connectivity index (χ4n) is 2.85. The van der Waals surface area contributed by atoms with E-state index in [2.05, 4.69) is 61.3 Å². The van der Waals surface area contributed by atoms with Crippen LogP contribution in [0, 0.1) is 19.8 Å². The standard InChI is InChI=1S/C17H26N4/c1-12(2)10-21-16(19-11-20-21)9-15(18-5)17-13(3)7-6-8-14(17)4/h6-8,11-12,15,18H,9-10H2,1-5H3. The van der Waals surface area contributed by atoms with Gasteiger partial charge in [-0.05, 0) is 43.5 Å². The van der Waals surface area contributed by atoms with Crippen LogP contribution in [0.5, 0.6) is 0 Å². The predicted molar refractivity (Wildman–Crippen MR) is 86.3 cm³/mol. The van der Waals surface area contributed by atoms with Crippen molar-refractivity contribution >= 4 is 0 Å². The Hall–Kier alpha value is -1.68. The van der Waals surface area contributed by atoms with Gasteiger partial charge in [-0.3, -0.25) is 0 Å². The summed E-state index contributed by atoms with van der Waals surface area (Å²) in [4.78, 5) is 4.45. The Bertz CT molecular complexity index is 566. The highest BCUT2D eigenvalue weighted by Gasteiger charge is 2.18. The topological polar surface area (TPSA) is 42.7 Å². The van der Waals surface area contributed by atoms with Gasteiger partial charge >= 0.3 is 0 Å². The molecule has 0 bridgehead atoms. The molecule has 0 aliphatic rings. The molecular weight excluding hydrogens is 260 g/mol. The van der Waals surface area contributed by atoms with Crippen molar-refractivity contribution in [3.05, 3.63) is 47.0 Å². The van der Waals surface area contributed by atoms with Crippen LogP contribution in [0.3, 0.4) is 0 Å². The molecule has 2 rings (SSSR count). The van der Waals surface area contributed by atoms with Crippen LogP contribution in [0.15, 0.2) is 24.5 Å². The Kier molecular flexibility index (Phi) is 5.12. The number of benzene rings is 1. The average molecular weight is 286 g/mol. The molecule has 114 valence electrons. The summed E-state index contributed by atoms with van der Waals surface area (Å²) in [7, 11) is 2.01. The van der Waals surface area contributed by atoms with Gasteiger partial charge in [0.2, 0.25) is 0 Å². The minimum atomic E-state index is 0.265. The highest BCUT2D eigenvalue weighted by molar-refractivity contribution is 5.36. The molecule has 0 fully saturated rings. The highest BCUT2D eigenvalue weighted by Crippen LogP contribution is 2.24. The first-order valence-electron chi connectivity index (χ1n) is 7.63. The van der Waals surface area contributed by atoms with E-state index in [1.54, 1.807) is 6.33 Å². The van der Waals surface area contributed by atoms with Gasteiger partial charge in [-0.2, -0.15) is 5.10 Å². The van der Waals surface area contributed by atoms with Crippen molar-refractivity contribution in [1.82, 2.24) is 20.1 Å². The lowest BCUT2D eigenvalue weighted by molar-refractivity contribution is 0.451. The van der Waals surface area contributed by atoms with Crippen LogP contribution >= 0.6 is 0 Å². The van der Waals surface area contributed by atoms with E-state index >= 15 is 0 Å². The van der Waals surface area contributed by atoms with Gasteiger partial charge in [0, 0.05) is 19.0 Å². The molecule has 1 unspecified atom stereocenters. The molecular formula is C17H26N4. The zero-order chi connectivity index (χ0) is 15.4. The Labute approximate surface area is 127 Å². The smallest absolute Gasteiger partial charge is 0.138 e. The number of hydrogen-bond acceptors (Lipinski definition) is 3. The maximum Gasteiger partial charge on any atom is 0.138 e. The number of hydrogen-bond donors (Lipinski definition) is 1. The lowest BCUT2D eigenvalue weighted by atomic mass is 9.94. The Balaban J connectivity index is 2.26. The lowest BCUT2D eigenvalue weighted by Gasteiger charge is -2.21. The average Bonchev–Trinajstić information content (AvgIpc) is 2.83. The van der Waals surface area contributed by atoms with Gasteiger partial charge < -0.3 is 5.32 Å². The first kappa shape index (κ1) is 15.7. The molecule has 0 saturated heterocycles. The quantitative estimate of drug-likeness (QED) is 0.887. The first-order chi connectivity index (χ1) is 10.0. The zero-order valence-electron chi connectivity index (χ0n) is 13.7. The Morgan fingerprint density at radius 3 is 2.43 bits per heavy atom. The molecule has 2 aromatic rings. The van der Waals surface area contributed by atoms with Crippen LogP contribution in [0.2, 0.25) is 0 Å². The second kappa shape index (κ2) is 6.85. The van der Waals surface area contributed by atoms with Gasteiger partial charge in [-0.1, -0.05) is 32.0 Å². The predicted octanol–water partition coefficient (Wildman–Crippen LogP) is 3.05. The fourth-order valence-corrected chi connectivity index (χ4v) is 2.85. The summed E-state index contributed by atoms with van der Waals surface area (Å²) in [6.07, 6.45) is 2.52. The molecule has 0 aliphatic heterocycles. The molecule has 21 heavy (non-hydrogen) atoms. The lowest BCUT2D eigenvalue weighted by Crippen LogP contribution is -2.23. The van der Waals surface area contributed by atoms with Crippen LogP contribution in [-0.2, 0) is 13.0 Å². The van der Waals surface area contributed by atoms with E-state index in [1.165, 1.54) is 16.7 Å². The Morgan fingerprint density at radius 2 is 1.86 bits per heavy atom. The van der Waals surface area contributed by atoms with Gasteiger partial charge in [0.1, 0.15) is 12.2 Å². The maximum atomic E-state index is 4.45. The van der Waals surface area contributed by atoms with E-state index in [-0.39, 0.29) is 6.04 Å². The molecule has 0 aliphatic carbocycles. The SMILES string of the molecule is CNC(Cc1ncnn1CC(C)C)c1c(C)cccc1C. The third-order valence-electron chi connectivity index (χ3n) is 3.86. The van der Waals surface area contributed by atoms with Gasteiger partial charge in [0.15, 0.2) is 0 Å². The fraction of sp³-hybridized carbons (Fsp3) is 0.529. The normalized spacial score (nSPS) is 12.9. The van der Waals surface area contributed by atoms with E-state index in [0.29, 0.717) is 5.92 Å². The van der Waals surface area contributed by atoms with E-state index in [9.17, 15) is 0 Å². The van der Waals surface area contributed by atoms with Gasteiger partial charge in [-0.15, -0.1) is 0 Å². The number of likely N-dealkylation sites (N-methyl/N-ethyl adjacent to an activating group) is 1. The van der Waals surface area contributed by atoms with Crippen molar-refractivity contribution in [3.63, 3.8) is 0 Å². The molecule has 1 N–H and O–H groups in total. The summed E-state index contributed by atoms with van der Waals surface area (Å²) < 4.78 is 2.03. The number of nitrogens with one attached hydrogen (secondary N) is 1. The van der Waals surface area contributed by atoms with Gasteiger partial charge in [0.25, 0.3) is 0 Å². The summed E-state index contributed by atoms with van der Waals surface area (Å²) in [5.41, 5.74) is 4.02. The van der Waals surface area contributed by atoms with Gasteiger partial charge in [0.05, 0.1) is 0 Å². The van der Waals surface area contributed by atoms with Crippen LogP contribution in [0.1, 0.15) is 42.4 Å². The van der Waals surface area contributed by atoms with Crippen LogP contribution < -0.4 is 5.32 Å². The molecule has 1 heterocycles. The third kappa shape index (κ3) is 3.70. The largest absolute Gasteiger partial charge is 0.313 e. The van der Waals surface area contributed by atoms with E-state index in [4.69, 9.17) is 0 Å². The highest BCUT2D eigenvalue weighted by atomic mass is 15.3.